The molecule has 1 aromatic carbocycles. The number of alkyl halides is 3. The van der Waals surface area contributed by atoms with E-state index in [1.807, 2.05) is 6.92 Å². The fourth-order valence-electron chi connectivity index (χ4n) is 1.98. The highest BCUT2D eigenvalue weighted by atomic mass is 19.4. The molecule has 1 N–H and O–H groups in total. The van der Waals surface area contributed by atoms with Crippen LogP contribution in [-0.2, 0) is 0 Å². The van der Waals surface area contributed by atoms with Crippen LogP contribution in [-0.4, -0.2) is 12.4 Å². The Morgan fingerprint density at radius 2 is 2.11 bits per heavy atom. The van der Waals surface area contributed by atoms with Gasteiger partial charge in [0.15, 0.2) is 0 Å². The van der Waals surface area contributed by atoms with Gasteiger partial charge in [0.05, 0.1) is 0 Å². The van der Waals surface area contributed by atoms with Crippen molar-refractivity contribution >= 4 is 5.69 Å². The third kappa shape index (κ3) is 4.47. The van der Waals surface area contributed by atoms with Crippen molar-refractivity contribution in [3.05, 3.63) is 24.3 Å². The molecule has 2 rings (SSSR count). The zero-order chi connectivity index (χ0) is 13.2. The minimum atomic E-state index is -4.64. The van der Waals surface area contributed by atoms with Crippen LogP contribution in [0.25, 0.3) is 0 Å². The average Bonchev–Trinajstić information content (AvgIpc) is 2.98. The predicted octanol–water partition coefficient (Wildman–Crippen LogP) is 4.19. The van der Waals surface area contributed by atoms with Crippen molar-refractivity contribution in [2.75, 3.05) is 5.32 Å². The monoisotopic (exact) mass is 259 g/mol. The molecule has 1 atom stereocenters. The summed E-state index contributed by atoms with van der Waals surface area (Å²) in [6, 6.07) is 6.22. The summed E-state index contributed by atoms with van der Waals surface area (Å²) in [5, 5.41) is 3.19. The molecule has 1 aromatic rings. The molecule has 0 aromatic heterocycles. The van der Waals surface area contributed by atoms with Gasteiger partial charge >= 0.3 is 6.36 Å². The van der Waals surface area contributed by atoms with Gasteiger partial charge in [0, 0.05) is 17.8 Å². The van der Waals surface area contributed by atoms with Gasteiger partial charge in [-0.2, -0.15) is 0 Å². The maximum absolute atomic E-state index is 12.1. The van der Waals surface area contributed by atoms with Crippen LogP contribution < -0.4 is 10.1 Å². The molecular formula is C13H16F3NO. The number of hydrogen-bond donors (Lipinski definition) is 1. The van der Waals surface area contributed by atoms with E-state index >= 15 is 0 Å². The Balaban J connectivity index is 1.93. The van der Waals surface area contributed by atoms with E-state index in [4.69, 9.17) is 0 Å². The lowest BCUT2D eigenvalue weighted by Crippen LogP contribution is -2.18. The van der Waals surface area contributed by atoms with Gasteiger partial charge in [0.1, 0.15) is 5.75 Å². The first kappa shape index (κ1) is 13.1. The smallest absolute Gasteiger partial charge is 0.406 e. The molecule has 1 unspecified atom stereocenters. The first-order valence-electron chi connectivity index (χ1n) is 6.05. The first-order valence-corrected chi connectivity index (χ1v) is 6.05. The second kappa shape index (κ2) is 5.08. The van der Waals surface area contributed by atoms with E-state index in [1.165, 1.54) is 25.0 Å². The van der Waals surface area contributed by atoms with Gasteiger partial charge in [-0.15, -0.1) is 13.2 Å². The van der Waals surface area contributed by atoms with Gasteiger partial charge in [-0.05, 0) is 31.4 Å². The Morgan fingerprint density at radius 3 is 2.72 bits per heavy atom. The molecule has 100 valence electrons. The molecule has 1 aliphatic carbocycles. The highest BCUT2D eigenvalue weighted by Gasteiger charge is 2.31. The van der Waals surface area contributed by atoms with E-state index in [-0.39, 0.29) is 11.8 Å². The molecule has 0 aliphatic heterocycles. The molecule has 2 nitrogen and oxygen atoms in total. The van der Waals surface area contributed by atoms with Gasteiger partial charge in [-0.3, -0.25) is 0 Å². The summed E-state index contributed by atoms with van der Waals surface area (Å²) in [6.45, 7) is 2.04. The fraction of sp³-hybridized carbons (Fsp3) is 0.538. The minimum Gasteiger partial charge on any atom is -0.406 e. The van der Waals surface area contributed by atoms with Crippen LogP contribution in [0.15, 0.2) is 24.3 Å². The van der Waals surface area contributed by atoms with E-state index in [1.54, 1.807) is 12.1 Å². The molecule has 1 saturated carbocycles. The number of nitrogens with one attached hydrogen (secondary N) is 1. The highest BCUT2D eigenvalue weighted by Crippen LogP contribution is 2.34. The number of anilines is 1. The number of hydrogen-bond acceptors (Lipinski definition) is 2. The summed E-state index contributed by atoms with van der Waals surface area (Å²) in [7, 11) is 0. The van der Waals surface area contributed by atoms with Crippen molar-refractivity contribution in [1.29, 1.82) is 0 Å². The summed E-state index contributed by atoms with van der Waals surface area (Å²) >= 11 is 0. The van der Waals surface area contributed by atoms with Crippen molar-refractivity contribution < 1.29 is 17.9 Å². The van der Waals surface area contributed by atoms with Crippen molar-refractivity contribution in [2.24, 2.45) is 5.92 Å². The number of benzene rings is 1. The highest BCUT2D eigenvalue weighted by molar-refractivity contribution is 5.48. The maximum atomic E-state index is 12.1. The summed E-state index contributed by atoms with van der Waals surface area (Å²) in [5.41, 5.74) is 0.657. The summed E-state index contributed by atoms with van der Waals surface area (Å²) < 4.78 is 40.1. The topological polar surface area (TPSA) is 21.3 Å². The Kier molecular flexibility index (Phi) is 3.68. The Labute approximate surface area is 104 Å². The summed E-state index contributed by atoms with van der Waals surface area (Å²) in [4.78, 5) is 0. The number of ether oxygens (including phenoxy) is 1. The second-order valence-corrected chi connectivity index (χ2v) is 4.80. The van der Waals surface area contributed by atoms with Crippen LogP contribution in [0.1, 0.15) is 26.2 Å². The van der Waals surface area contributed by atoms with Gasteiger partial charge in [-0.1, -0.05) is 18.9 Å². The van der Waals surface area contributed by atoms with Gasteiger partial charge < -0.3 is 10.1 Å². The molecule has 0 radical (unpaired) electrons. The van der Waals surface area contributed by atoms with Gasteiger partial charge in [0.25, 0.3) is 0 Å². The Bertz CT molecular complexity index is 401. The normalized spacial score (nSPS) is 17.3. The SMILES string of the molecule is CC(CC1CC1)Nc1cccc(OC(F)(F)F)c1. The Hall–Kier alpha value is -1.39. The molecule has 0 saturated heterocycles. The van der Waals surface area contributed by atoms with E-state index in [0.29, 0.717) is 5.69 Å². The van der Waals surface area contributed by atoms with Crippen LogP contribution in [0.2, 0.25) is 0 Å². The lowest BCUT2D eigenvalue weighted by molar-refractivity contribution is -0.274. The molecule has 1 fully saturated rings. The van der Waals surface area contributed by atoms with Crippen molar-refractivity contribution in [2.45, 2.75) is 38.6 Å². The number of rotatable bonds is 5. The van der Waals surface area contributed by atoms with E-state index in [0.717, 1.165) is 12.3 Å². The molecule has 1 aliphatic rings. The van der Waals surface area contributed by atoms with Gasteiger partial charge in [0.2, 0.25) is 0 Å². The fourth-order valence-corrected chi connectivity index (χ4v) is 1.98. The predicted molar refractivity (Wildman–Crippen MR) is 63.6 cm³/mol. The largest absolute Gasteiger partial charge is 0.573 e. The zero-order valence-corrected chi connectivity index (χ0v) is 10.1. The lowest BCUT2D eigenvalue weighted by Gasteiger charge is -2.16. The molecular weight excluding hydrogens is 243 g/mol. The average molecular weight is 259 g/mol. The standard InChI is InChI=1S/C13H16F3NO/c1-9(7-10-5-6-10)17-11-3-2-4-12(8-11)18-13(14,15)16/h2-4,8-10,17H,5-7H2,1H3. The summed E-state index contributed by atoms with van der Waals surface area (Å²) in [5.74, 6) is 0.591. The van der Waals surface area contributed by atoms with Crippen LogP contribution >= 0.6 is 0 Å². The van der Waals surface area contributed by atoms with E-state index < -0.39 is 6.36 Å². The Morgan fingerprint density at radius 1 is 1.39 bits per heavy atom. The first-order chi connectivity index (χ1) is 8.42. The van der Waals surface area contributed by atoms with Crippen molar-refractivity contribution in [3.8, 4) is 5.75 Å². The quantitative estimate of drug-likeness (QED) is 0.856. The third-order valence-electron chi connectivity index (χ3n) is 2.86. The molecule has 0 amide bonds. The van der Waals surface area contributed by atoms with Crippen molar-refractivity contribution in [3.63, 3.8) is 0 Å². The molecule has 0 bridgehead atoms. The second-order valence-electron chi connectivity index (χ2n) is 4.80. The maximum Gasteiger partial charge on any atom is 0.573 e. The number of halogens is 3. The minimum absolute atomic E-state index is 0.189. The zero-order valence-electron chi connectivity index (χ0n) is 10.1. The molecule has 18 heavy (non-hydrogen) atoms. The third-order valence-corrected chi connectivity index (χ3v) is 2.86. The molecule has 0 heterocycles. The van der Waals surface area contributed by atoms with E-state index in [9.17, 15) is 13.2 Å². The lowest BCUT2D eigenvalue weighted by atomic mass is 10.1. The van der Waals surface area contributed by atoms with Crippen LogP contribution in [0.3, 0.4) is 0 Å². The van der Waals surface area contributed by atoms with Gasteiger partial charge in [-0.25, -0.2) is 0 Å². The van der Waals surface area contributed by atoms with Crippen LogP contribution in [0.5, 0.6) is 5.75 Å². The van der Waals surface area contributed by atoms with Crippen LogP contribution in [0.4, 0.5) is 18.9 Å². The summed E-state index contributed by atoms with van der Waals surface area (Å²) in [6.07, 6.45) is -1.05. The van der Waals surface area contributed by atoms with Crippen molar-refractivity contribution in [1.82, 2.24) is 0 Å². The van der Waals surface area contributed by atoms with Crippen LogP contribution in [0, 0.1) is 5.92 Å². The van der Waals surface area contributed by atoms with E-state index in [2.05, 4.69) is 10.1 Å². The molecule has 0 spiro atoms. The molecule has 5 heteroatoms.